The predicted octanol–water partition coefficient (Wildman–Crippen LogP) is 3.36. The Hall–Kier alpha value is -2.62. The third kappa shape index (κ3) is 1.86. The van der Waals surface area contributed by atoms with Crippen LogP contribution in [-0.2, 0) is 12.8 Å². The zero-order valence-corrected chi connectivity index (χ0v) is 13.8. The van der Waals surface area contributed by atoms with Crippen molar-refractivity contribution in [1.29, 1.82) is 0 Å². The van der Waals surface area contributed by atoms with E-state index < -0.39 is 0 Å². The lowest BCUT2D eigenvalue weighted by Gasteiger charge is -2.28. The molecule has 0 radical (unpaired) electrons. The fourth-order valence-electron chi connectivity index (χ4n) is 3.97. The highest BCUT2D eigenvalue weighted by molar-refractivity contribution is 6.30. The topological polar surface area (TPSA) is 52.6 Å². The van der Waals surface area contributed by atoms with E-state index >= 15 is 0 Å². The number of benzene rings is 2. The Morgan fingerprint density at radius 3 is 1.54 bits per heavy atom. The second kappa shape index (κ2) is 5.48. The number of hydrogen-bond acceptors (Lipinski definition) is 4. The molecule has 0 unspecified atom stereocenters. The van der Waals surface area contributed by atoms with E-state index in [1.54, 1.807) is 38.5 Å². The summed E-state index contributed by atoms with van der Waals surface area (Å²) in [6, 6.07) is 6.95. The molecular weight excluding hydrogens is 304 g/mol. The summed E-state index contributed by atoms with van der Waals surface area (Å²) in [5, 5.41) is 0. The first-order valence-electron chi connectivity index (χ1n) is 8.17. The number of methoxy groups -OCH3 is 2. The van der Waals surface area contributed by atoms with E-state index in [0.717, 1.165) is 36.8 Å². The SMILES string of the molecule is COc1c2c(c(OC)c3c1C(=O)c1ccccc1C3=O)CCCC2. The quantitative estimate of drug-likeness (QED) is 0.726. The van der Waals surface area contributed by atoms with Crippen LogP contribution < -0.4 is 9.47 Å². The molecule has 0 spiro atoms. The van der Waals surface area contributed by atoms with Crippen molar-refractivity contribution in [2.75, 3.05) is 14.2 Å². The molecule has 0 bridgehead atoms. The zero-order valence-electron chi connectivity index (χ0n) is 13.8. The van der Waals surface area contributed by atoms with Crippen molar-refractivity contribution in [2.45, 2.75) is 25.7 Å². The minimum atomic E-state index is -0.163. The van der Waals surface area contributed by atoms with Gasteiger partial charge >= 0.3 is 0 Å². The highest BCUT2D eigenvalue weighted by Crippen LogP contribution is 2.46. The fourth-order valence-corrected chi connectivity index (χ4v) is 3.97. The number of fused-ring (bicyclic) bond motifs is 3. The van der Waals surface area contributed by atoms with E-state index in [-0.39, 0.29) is 11.6 Å². The van der Waals surface area contributed by atoms with Crippen LogP contribution in [0.3, 0.4) is 0 Å². The van der Waals surface area contributed by atoms with E-state index in [1.807, 2.05) is 0 Å². The van der Waals surface area contributed by atoms with Gasteiger partial charge in [0.2, 0.25) is 0 Å². The molecule has 0 heterocycles. The van der Waals surface area contributed by atoms with Gasteiger partial charge in [-0.25, -0.2) is 0 Å². The number of ketones is 2. The van der Waals surface area contributed by atoms with E-state index in [1.165, 1.54) is 0 Å². The molecule has 0 atom stereocenters. The molecule has 2 aliphatic rings. The van der Waals surface area contributed by atoms with Crippen molar-refractivity contribution in [1.82, 2.24) is 0 Å². The molecule has 0 amide bonds. The lowest BCUT2D eigenvalue weighted by Crippen LogP contribution is -2.25. The maximum Gasteiger partial charge on any atom is 0.198 e. The lowest BCUT2D eigenvalue weighted by molar-refractivity contribution is 0.0973. The summed E-state index contributed by atoms with van der Waals surface area (Å²) in [5.41, 5.74) is 3.62. The van der Waals surface area contributed by atoms with Gasteiger partial charge in [-0.2, -0.15) is 0 Å². The van der Waals surface area contributed by atoms with E-state index in [4.69, 9.17) is 9.47 Å². The number of rotatable bonds is 2. The van der Waals surface area contributed by atoms with Crippen molar-refractivity contribution >= 4 is 11.6 Å². The smallest absolute Gasteiger partial charge is 0.198 e. The predicted molar refractivity (Wildman–Crippen MR) is 89.5 cm³/mol. The summed E-state index contributed by atoms with van der Waals surface area (Å²) < 4.78 is 11.2. The Morgan fingerprint density at radius 1 is 0.750 bits per heavy atom. The van der Waals surface area contributed by atoms with Crippen molar-refractivity contribution in [2.24, 2.45) is 0 Å². The van der Waals surface area contributed by atoms with E-state index in [9.17, 15) is 9.59 Å². The number of carbonyl (C=O) groups excluding carboxylic acids is 2. The fraction of sp³-hybridized carbons (Fsp3) is 0.300. The van der Waals surface area contributed by atoms with Gasteiger partial charge in [0.1, 0.15) is 11.5 Å². The summed E-state index contributed by atoms with van der Waals surface area (Å²) >= 11 is 0. The Bertz CT molecular complexity index is 808. The first kappa shape index (κ1) is 14.9. The minimum absolute atomic E-state index is 0.163. The van der Waals surface area contributed by atoms with Crippen LogP contribution in [-0.4, -0.2) is 25.8 Å². The Kier molecular flexibility index (Phi) is 3.41. The molecule has 2 aliphatic carbocycles. The molecule has 4 rings (SSSR count). The molecule has 2 aromatic carbocycles. The number of carbonyl (C=O) groups is 2. The normalized spacial score (nSPS) is 15.4. The third-order valence-corrected chi connectivity index (χ3v) is 5.00. The largest absolute Gasteiger partial charge is 0.496 e. The monoisotopic (exact) mass is 322 g/mol. The van der Waals surface area contributed by atoms with Gasteiger partial charge in [0, 0.05) is 22.3 Å². The Labute approximate surface area is 140 Å². The zero-order chi connectivity index (χ0) is 16.8. The summed E-state index contributed by atoms with van der Waals surface area (Å²) in [5.74, 6) is 0.772. The second-order valence-electron chi connectivity index (χ2n) is 6.18. The van der Waals surface area contributed by atoms with E-state index in [2.05, 4.69) is 0 Å². The van der Waals surface area contributed by atoms with Crippen LogP contribution >= 0.6 is 0 Å². The van der Waals surface area contributed by atoms with Gasteiger partial charge in [0.05, 0.1) is 25.3 Å². The molecule has 4 nitrogen and oxygen atoms in total. The van der Waals surface area contributed by atoms with Crippen LogP contribution in [0.2, 0.25) is 0 Å². The second-order valence-corrected chi connectivity index (χ2v) is 6.18. The molecule has 0 N–H and O–H groups in total. The van der Waals surface area contributed by atoms with Gasteiger partial charge in [0.25, 0.3) is 0 Å². The molecule has 122 valence electrons. The molecule has 0 fully saturated rings. The van der Waals surface area contributed by atoms with Gasteiger partial charge in [-0.15, -0.1) is 0 Å². The molecule has 2 aromatic rings. The Morgan fingerprint density at radius 2 is 1.17 bits per heavy atom. The number of ether oxygens (including phenoxy) is 2. The highest BCUT2D eigenvalue weighted by atomic mass is 16.5. The highest BCUT2D eigenvalue weighted by Gasteiger charge is 2.38. The van der Waals surface area contributed by atoms with Crippen LogP contribution in [0.25, 0.3) is 0 Å². The van der Waals surface area contributed by atoms with Gasteiger partial charge in [0.15, 0.2) is 11.6 Å². The van der Waals surface area contributed by atoms with Gasteiger partial charge < -0.3 is 9.47 Å². The summed E-state index contributed by atoms with van der Waals surface area (Å²) in [7, 11) is 3.13. The molecular formula is C20H18O4. The standard InChI is InChI=1S/C20H18O4/c1-23-19-13-9-5-6-10-14(13)20(24-2)16-15(19)17(21)11-7-3-4-8-12(11)18(16)22/h3-4,7-8H,5-6,9-10H2,1-2H3. The average molecular weight is 322 g/mol. The molecule has 0 aromatic heterocycles. The molecule has 24 heavy (non-hydrogen) atoms. The van der Waals surface area contributed by atoms with Crippen LogP contribution in [0.15, 0.2) is 24.3 Å². The molecule has 4 heteroatoms. The maximum absolute atomic E-state index is 13.1. The van der Waals surface area contributed by atoms with Gasteiger partial charge in [-0.05, 0) is 25.7 Å². The van der Waals surface area contributed by atoms with E-state index in [0.29, 0.717) is 33.8 Å². The van der Waals surface area contributed by atoms with Crippen molar-refractivity contribution in [3.8, 4) is 11.5 Å². The number of hydrogen-bond donors (Lipinski definition) is 0. The molecule has 0 saturated heterocycles. The molecule has 0 saturated carbocycles. The first-order chi connectivity index (χ1) is 11.7. The van der Waals surface area contributed by atoms with Crippen LogP contribution in [0.1, 0.15) is 55.8 Å². The molecule has 0 aliphatic heterocycles. The van der Waals surface area contributed by atoms with Crippen molar-refractivity contribution in [3.05, 3.63) is 57.6 Å². The van der Waals surface area contributed by atoms with Crippen molar-refractivity contribution < 1.29 is 19.1 Å². The summed E-state index contributed by atoms with van der Waals surface area (Å²) in [6.45, 7) is 0. The Balaban J connectivity index is 2.11. The summed E-state index contributed by atoms with van der Waals surface area (Å²) in [6.07, 6.45) is 3.77. The lowest BCUT2D eigenvalue weighted by atomic mass is 9.78. The first-order valence-corrected chi connectivity index (χ1v) is 8.17. The summed E-state index contributed by atoms with van der Waals surface area (Å²) in [4.78, 5) is 26.2. The van der Waals surface area contributed by atoms with Gasteiger partial charge in [-0.1, -0.05) is 24.3 Å². The van der Waals surface area contributed by atoms with Crippen LogP contribution in [0.4, 0.5) is 0 Å². The maximum atomic E-state index is 13.1. The van der Waals surface area contributed by atoms with Crippen LogP contribution in [0, 0.1) is 0 Å². The minimum Gasteiger partial charge on any atom is -0.496 e. The van der Waals surface area contributed by atoms with Gasteiger partial charge in [-0.3, -0.25) is 9.59 Å². The van der Waals surface area contributed by atoms with Crippen molar-refractivity contribution in [3.63, 3.8) is 0 Å². The van der Waals surface area contributed by atoms with Crippen LogP contribution in [0.5, 0.6) is 11.5 Å². The third-order valence-electron chi connectivity index (χ3n) is 5.00. The average Bonchev–Trinajstić information content (AvgIpc) is 2.64.